The number of Topliss-reactive ketones (excluding diaryl/α,β-unsaturated/α-hetero) is 1. The summed E-state index contributed by atoms with van der Waals surface area (Å²) in [5.74, 6) is 0.174. The monoisotopic (exact) mass is 299 g/mol. The molecule has 1 aliphatic rings. The minimum absolute atomic E-state index is 0.105. The van der Waals surface area contributed by atoms with Crippen molar-refractivity contribution in [3.63, 3.8) is 0 Å². The molecule has 1 amide bonds. The zero-order valence-electron chi connectivity index (χ0n) is 12.8. The molecule has 22 heavy (non-hydrogen) atoms. The largest absolute Gasteiger partial charge is 0.351 e. The molecule has 3 rings (SSSR count). The van der Waals surface area contributed by atoms with E-state index in [4.69, 9.17) is 5.73 Å². The van der Waals surface area contributed by atoms with Crippen LogP contribution in [0.2, 0.25) is 0 Å². The molecule has 0 radical (unpaired) electrons. The van der Waals surface area contributed by atoms with Crippen molar-refractivity contribution in [2.75, 3.05) is 13.1 Å². The maximum atomic E-state index is 12.4. The van der Waals surface area contributed by atoms with Gasteiger partial charge < -0.3 is 15.6 Å². The number of benzene rings is 1. The van der Waals surface area contributed by atoms with Crippen LogP contribution in [-0.4, -0.2) is 29.3 Å². The zero-order chi connectivity index (χ0) is 15.7. The summed E-state index contributed by atoms with van der Waals surface area (Å²) in [6, 6.07) is 5.74. The Morgan fingerprint density at radius 3 is 2.91 bits per heavy atom. The SMILES string of the molecule is CCn1c2c(c3cccc(C(=O)NCCN)c31)CC(=O)CC2. The summed E-state index contributed by atoms with van der Waals surface area (Å²) in [4.78, 5) is 24.2. The van der Waals surface area contributed by atoms with E-state index in [2.05, 4.69) is 16.8 Å². The van der Waals surface area contributed by atoms with Crippen LogP contribution in [0.15, 0.2) is 18.2 Å². The molecule has 1 aromatic heterocycles. The van der Waals surface area contributed by atoms with E-state index in [0.29, 0.717) is 31.5 Å². The number of ketones is 1. The molecule has 3 N–H and O–H groups in total. The Hall–Kier alpha value is -2.14. The van der Waals surface area contributed by atoms with Gasteiger partial charge in [0, 0.05) is 43.6 Å². The fraction of sp³-hybridized carbons (Fsp3) is 0.412. The van der Waals surface area contributed by atoms with Crippen LogP contribution < -0.4 is 11.1 Å². The molecular formula is C17H21N3O2. The zero-order valence-corrected chi connectivity index (χ0v) is 12.8. The Morgan fingerprint density at radius 2 is 2.18 bits per heavy atom. The van der Waals surface area contributed by atoms with Gasteiger partial charge in [-0.15, -0.1) is 0 Å². The molecule has 0 saturated heterocycles. The van der Waals surface area contributed by atoms with Gasteiger partial charge in [-0.05, 0) is 25.0 Å². The van der Waals surface area contributed by atoms with E-state index in [1.807, 2.05) is 18.2 Å². The van der Waals surface area contributed by atoms with Crippen molar-refractivity contribution in [3.05, 3.63) is 35.0 Å². The first-order valence-corrected chi connectivity index (χ1v) is 7.80. The van der Waals surface area contributed by atoms with Gasteiger partial charge in [0.2, 0.25) is 0 Å². The van der Waals surface area contributed by atoms with E-state index in [9.17, 15) is 9.59 Å². The predicted molar refractivity (Wildman–Crippen MR) is 86.0 cm³/mol. The van der Waals surface area contributed by atoms with Crippen LogP contribution in [-0.2, 0) is 24.2 Å². The van der Waals surface area contributed by atoms with Crippen molar-refractivity contribution in [2.45, 2.75) is 32.7 Å². The van der Waals surface area contributed by atoms with Gasteiger partial charge in [0.1, 0.15) is 5.78 Å². The lowest BCUT2D eigenvalue weighted by Crippen LogP contribution is -2.29. The number of fused-ring (bicyclic) bond motifs is 3. The molecule has 1 aliphatic carbocycles. The van der Waals surface area contributed by atoms with Gasteiger partial charge in [-0.25, -0.2) is 0 Å². The average Bonchev–Trinajstić information content (AvgIpc) is 2.85. The van der Waals surface area contributed by atoms with Gasteiger partial charge in [-0.3, -0.25) is 9.59 Å². The minimum Gasteiger partial charge on any atom is -0.351 e. The summed E-state index contributed by atoms with van der Waals surface area (Å²) < 4.78 is 2.19. The van der Waals surface area contributed by atoms with Gasteiger partial charge in [0.15, 0.2) is 0 Å². The lowest BCUT2D eigenvalue weighted by Gasteiger charge is -2.14. The van der Waals surface area contributed by atoms with Crippen molar-refractivity contribution in [3.8, 4) is 0 Å². The molecule has 0 bridgehead atoms. The molecule has 116 valence electrons. The van der Waals surface area contributed by atoms with Crippen molar-refractivity contribution in [2.24, 2.45) is 5.73 Å². The number of carbonyl (C=O) groups excluding carboxylic acids is 2. The van der Waals surface area contributed by atoms with Crippen LogP contribution >= 0.6 is 0 Å². The van der Waals surface area contributed by atoms with Crippen LogP contribution in [0, 0.1) is 0 Å². The summed E-state index contributed by atoms with van der Waals surface area (Å²) >= 11 is 0. The van der Waals surface area contributed by atoms with E-state index in [1.54, 1.807) is 0 Å². The summed E-state index contributed by atoms with van der Waals surface area (Å²) in [6.07, 6.45) is 1.84. The number of aromatic nitrogens is 1. The highest BCUT2D eigenvalue weighted by molar-refractivity contribution is 6.08. The topological polar surface area (TPSA) is 77.1 Å². The third-order valence-electron chi connectivity index (χ3n) is 4.31. The van der Waals surface area contributed by atoms with Crippen LogP contribution in [0.25, 0.3) is 10.9 Å². The number of nitrogens with one attached hydrogen (secondary N) is 1. The number of rotatable bonds is 4. The second-order valence-electron chi connectivity index (χ2n) is 5.63. The average molecular weight is 299 g/mol. The highest BCUT2D eigenvalue weighted by Gasteiger charge is 2.25. The number of nitrogens with two attached hydrogens (primary N) is 1. The van der Waals surface area contributed by atoms with Gasteiger partial charge in [0.05, 0.1) is 11.1 Å². The maximum Gasteiger partial charge on any atom is 0.253 e. The number of amides is 1. The number of aryl methyl sites for hydroxylation is 1. The number of carbonyl (C=O) groups is 2. The number of para-hydroxylation sites is 1. The van der Waals surface area contributed by atoms with Gasteiger partial charge in [-0.1, -0.05) is 12.1 Å². The first kappa shape index (κ1) is 14.8. The van der Waals surface area contributed by atoms with E-state index in [1.165, 1.54) is 5.69 Å². The number of hydrogen-bond donors (Lipinski definition) is 2. The summed E-state index contributed by atoms with van der Waals surface area (Å²) in [7, 11) is 0. The van der Waals surface area contributed by atoms with E-state index in [-0.39, 0.29) is 11.7 Å². The molecule has 0 spiro atoms. The van der Waals surface area contributed by atoms with Gasteiger partial charge >= 0.3 is 0 Å². The van der Waals surface area contributed by atoms with Crippen molar-refractivity contribution < 1.29 is 9.59 Å². The molecule has 0 atom stereocenters. The van der Waals surface area contributed by atoms with E-state index >= 15 is 0 Å². The quantitative estimate of drug-likeness (QED) is 0.896. The molecule has 2 aromatic rings. The third kappa shape index (κ3) is 2.31. The Kier molecular flexibility index (Phi) is 3.98. The molecule has 5 nitrogen and oxygen atoms in total. The molecule has 5 heteroatoms. The second-order valence-corrected chi connectivity index (χ2v) is 5.63. The molecule has 0 aliphatic heterocycles. The Balaban J connectivity index is 2.19. The first-order chi connectivity index (χ1) is 10.7. The Morgan fingerprint density at radius 1 is 1.36 bits per heavy atom. The molecule has 0 fully saturated rings. The Bertz CT molecular complexity index is 746. The predicted octanol–water partition coefficient (Wildman–Crippen LogP) is 1.41. The molecule has 0 unspecified atom stereocenters. The minimum atomic E-state index is -0.105. The van der Waals surface area contributed by atoms with E-state index < -0.39 is 0 Å². The van der Waals surface area contributed by atoms with Gasteiger partial charge in [0.25, 0.3) is 5.91 Å². The standard InChI is InChI=1S/C17H21N3O2/c1-2-20-15-7-6-11(21)10-14(15)12-4-3-5-13(16(12)20)17(22)19-9-8-18/h3-5H,2,6-10,18H2,1H3,(H,19,22). The van der Waals surface area contributed by atoms with Crippen LogP contribution in [0.4, 0.5) is 0 Å². The maximum absolute atomic E-state index is 12.4. The molecule has 0 saturated carbocycles. The summed E-state index contributed by atoms with van der Waals surface area (Å²) in [5.41, 5.74) is 9.37. The normalized spacial score (nSPS) is 14.2. The smallest absolute Gasteiger partial charge is 0.253 e. The van der Waals surface area contributed by atoms with Gasteiger partial charge in [-0.2, -0.15) is 0 Å². The highest BCUT2D eigenvalue weighted by atomic mass is 16.1. The summed E-state index contributed by atoms with van der Waals surface area (Å²) in [5, 5.41) is 3.87. The Labute approximate surface area is 129 Å². The lowest BCUT2D eigenvalue weighted by atomic mass is 9.94. The van der Waals surface area contributed by atoms with Crippen LogP contribution in [0.1, 0.15) is 35.0 Å². The second kappa shape index (κ2) is 5.93. The van der Waals surface area contributed by atoms with Crippen LogP contribution in [0.3, 0.4) is 0 Å². The third-order valence-corrected chi connectivity index (χ3v) is 4.31. The summed E-state index contributed by atoms with van der Waals surface area (Å²) in [6.45, 7) is 3.74. The van der Waals surface area contributed by atoms with E-state index in [0.717, 1.165) is 29.4 Å². The molecule has 1 heterocycles. The van der Waals surface area contributed by atoms with Crippen molar-refractivity contribution in [1.29, 1.82) is 0 Å². The fourth-order valence-corrected chi connectivity index (χ4v) is 3.37. The van der Waals surface area contributed by atoms with Crippen molar-refractivity contribution >= 4 is 22.6 Å². The number of nitrogens with zero attached hydrogens (tertiary/aromatic N) is 1. The highest BCUT2D eigenvalue weighted by Crippen LogP contribution is 2.33. The number of hydrogen-bond acceptors (Lipinski definition) is 3. The molecular weight excluding hydrogens is 278 g/mol. The van der Waals surface area contributed by atoms with Crippen LogP contribution in [0.5, 0.6) is 0 Å². The fourth-order valence-electron chi connectivity index (χ4n) is 3.37. The first-order valence-electron chi connectivity index (χ1n) is 7.80. The molecule has 1 aromatic carbocycles. The lowest BCUT2D eigenvalue weighted by molar-refractivity contribution is -0.118. The van der Waals surface area contributed by atoms with Crippen molar-refractivity contribution in [1.82, 2.24) is 9.88 Å².